The van der Waals surface area contributed by atoms with Gasteiger partial charge in [-0.1, -0.05) is 0 Å². The van der Waals surface area contributed by atoms with E-state index in [1.165, 1.54) is 5.69 Å². The van der Waals surface area contributed by atoms with Gasteiger partial charge in [-0.2, -0.15) is 0 Å². The number of nitrogens with zero attached hydrogens (tertiary/aromatic N) is 1. The maximum atomic E-state index is 9.15. The summed E-state index contributed by atoms with van der Waals surface area (Å²) >= 11 is 0. The summed E-state index contributed by atoms with van der Waals surface area (Å²) in [5.74, 6) is 0.886. The Balaban J connectivity index is 2.08. The van der Waals surface area contributed by atoms with E-state index in [1.54, 1.807) is 7.11 Å². The predicted molar refractivity (Wildman–Crippen MR) is 77.9 cm³/mol. The fourth-order valence-corrected chi connectivity index (χ4v) is 2.60. The minimum absolute atomic E-state index is 0.237. The highest BCUT2D eigenvalue weighted by Crippen LogP contribution is 2.21. The van der Waals surface area contributed by atoms with E-state index in [0.29, 0.717) is 12.1 Å². The molecule has 1 fully saturated rings. The average Bonchev–Trinajstić information content (AvgIpc) is 2.61. The number of hydrogen-bond acceptors (Lipinski definition) is 4. The van der Waals surface area contributed by atoms with Gasteiger partial charge in [-0.25, -0.2) is 0 Å². The number of nitrogens with one attached hydrogen (secondary N) is 1. The summed E-state index contributed by atoms with van der Waals surface area (Å²) in [6, 6.07) is 9.05. The van der Waals surface area contributed by atoms with Crippen molar-refractivity contribution in [3.05, 3.63) is 24.3 Å². The number of anilines is 1. The van der Waals surface area contributed by atoms with Gasteiger partial charge in [-0.3, -0.25) is 0 Å². The van der Waals surface area contributed by atoms with E-state index in [0.717, 1.165) is 31.7 Å². The molecule has 0 aromatic heterocycles. The van der Waals surface area contributed by atoms with Crippen molar-refractivity contribution in [3.63, 3.8) is 0 Å². The van der Waals surface area contributed by atoms with Gasteiger partial charge in [0.15, 0.2) is 0 Å². The van der Waals surface area contributed by atoms with E-state index >= 15 is 0 Å². The molecule has 2 atom stereocenters. The molecule has 0 aliphatic carbocycles. The highest BCUT2D eigenvalue weighted by atomic mass is 16.5. The highest BCUT2D eigenvalue weighted by molar-refractivity contribution is 5.49. The first-order chi connectivity index (χ1) is 9.22. The van der Waals surface area contributed by atoms with Gasteiger partial charge in [0.2, 0.25) is 0 Å². The summed E-state index contributed by atoms with van der Waals surface area (Å²) in [6.07, 6.45) is 1.92. The molecule has 0 radical (unpaired) electrons. The van der Waals surface area contributed by atoms with Gasteiger partial charge in [0.1, 0.15) is 5.75 Å². The van der Waals surface area contributed by atoms with Gasteiger partial charge in [0.05, 0.1) is 7.11 Å². The summed E-state index contributed by atoms with van der Waals surface area (Å²) in [5.41, 5.74) is 1.22. The van der Waals surface area contributed by atoms with E-state index < -0.39 is 0 Å². The largest absolute Gasteiger partial charge is 0.497 e. The summed E-state index contributed by atoms with van der Waals surface area (Å²) in [7, 11) is 1.68. The fraction of sp³-hybridized carbons (Fsp3) is 0.600. The van der Waals surface area contributed by atoms with Crippen molar-refractivity contribution in [1.82, 2.24) is 5.32 Å². The van der Waals surface area contributed by atoms with Crippen LogP contribution in [0.25, 0.3) is 0 Å². The normalized spacial score (nSPS) is 24.1. The van der Waals surface area contributed by atoms with Crippen LogP contribution in [0, 0.1) is 0 Å². The third-order valence-corrected chi connectivity index (χ3v) is 3.71. The number of aliphatic hydroxyl groups is 1. The first-order valence-corrected chi connectivity index (χ1v) is 6.99. The molecular formula is C15H24N2O2. The molecular weight excluding hydrogens is 240 g/mol. The van der Waals surface area contributed by atoms with Crippen LogP contribution in [-0.4, -0.2) is 44.0 Å². The zero-order chi connectivity index (χ0) is 13.7. The van der Waals surface area contributed by atoms with E-state index in [9.17, 15) is 0 Å². The van der Waals surface area contributed by atoms with Crippen molar-refractivity contribution in [2.24, 2.45) is 0 Å². The van der Waals surface area contributed by atoms with Crippen LogP contribution in [0.1, 0.15) is 19.8 Å². The van der Waals surface area contributed by atoms with Crippen molar-refractivity contribution in [3.8, 4) is 5.75 Å². The van der Waals surface area contributed by atoms with Gasteiger partial charge < -0.3 is 20.1 Å². The zero-order valence-corrected chi connectivity index (χ0v) is 11.8. The van der Waals surface area contributed by atoms with E-state index in [2.05, 4.69) is 29.3 Å². The SMILES string of the molecule is COc1ccc(N2CCC(C)NC(CCO)C2)cc1. The minimum atomic E-state index is 0.237. The molecule has 1 aliphatic heterocycles. The van der Waals surface area contributed by atoms with Crippen LogP contribution in [0.4, 0.5) is 5.69 Å². The van der Waals surface area contributed by atoms with Crippen LogP contribution in [0.15, 0.2) is 24.3 Å². The van der Waals surface area contributed by atoms with Crippen LogP contribution >= 0.6 is 0 Å². The zero-order valence-electron chi connectivity index (χ0n) is 11.8. The molecule has 2 rings (SSSR count). The predicted octanol–water partition coefficient (Wildman–Crippen LogP) is 1.63. The second kappa shape index (κ2) is 6.78. The third kappa shape index (κ3) is 3.85. The molecule has 2 N–H and O–H groups in total. The Morgan fingerprint density at radius 2 is 2.11 bits per heavy atom. The summed E-state index contributed by atoms with van der Waals surface area (Å²) in [5, 5.41) is 12.7. The topological polar surface area (TPSA) is 44.7 Å². The summed E-state index contributed by atoms with van der Waals surface area (Å²) in [6.45, 7) is 4.43. The number of hydrogen-bond donors (Lipinski definition) is 2. The van der Waals surface area contributed by atoms with Crippen molar-refractivity contribution in [2.45, 2.75) is 31.8 Å². The Kier molecular flexibility index (Phi) is 5.05. The maximum absolute atomic E-state index is 9.15. The minimum Gasteiger partial charge on any atom is -0.497 e. The van der Waals surface area contributed by atoms with Crippen LogP contribution in [0.2, 0.25) is 0 Å². The number of ether oxygens (including phenoxy) is 1. The Morgan fingerprint density at radius 1 is 1.37 bits per heavy atom. The number of rotatable bonds is 4. The lowest BCUT2D eigenvalue weighted by atomic mass is 10.2. The first-order valence-electron chi connectivity index (χ1n) is 6.99. The van der Waals surface area contributed by atoms with Gasteiger partial charge >= 0.3 is 0 Å². The lowest BCUT2D eigenvalue weighted by Gasteiger charge is -2.26. The van der Waals surface area contributed by atoms with Gasteiger partial charge in [0, 0.05) is 37.5 Å². The molecule has 1 aromatic rings. The number of aliphatic hydroxyl groups excluding tert-OH is 1. The Labute approximate surface area is 115 Å². The molecule has 0 bridgehead atoms. The maximum Gasteiger partial charge on any atom is 0.119 e. The lowest BCUT2D eigenvalue weighted by Crippen LogP contribution is -2.40. The van der Waals surface area contributed by atoms with Crippen molar-refractivity contribution >= 4 is 5.69 Å². The second-order valence-corrected chi connectivity index (χ2v) is 5.21. The van der Waals surface area contributed by atoms with Crippen molar-refractivity contribution in [2.75, 3.05) is 31.7 Å². The van der Waals surface area contributed by atoms with Crippen LogP contribution in [0.3, 0.4) is 0 Å². The standard InChI is InChI=1S/C15H24N2O2/c1-12-7-9-17(11-13(16-12)8-10-18)14-3-5-15(19-2)6-4-14/h3-6,12-13,16,18H,7-11H2,1-2H3. The second-order valence-electron chi connectivity index (χ2n) is 5.21. The smallest absolute Gasteiger partial charge is 0.119 e. The molecule has 0 spiro atoms. The van der Waals surface area contributed by atoms with Crippen LogP contribution < -0.4 is 15.0 Å². The first kappa shape index (κ1) is 14.2. The monoisotopic (exact) mass is 264 g/mol. The lowest BCUT2D eigenvalue weighted by molar-refractivity contribution is 0.263. The Morgan fingerprint density at radius 3 is 2.74 bits per heavy atom. The van der Waals surface area contributed by atoms with Crippen LogP contribution in [-0.2, 0) is 0 Å². The van der Waals surface area contributed by atoms with Gasteiger partial charge in [-0.15, -0.1) is 0 Å². The van der Waals surface area contributed by atoms with Crippen LogP contribution in [0.5, 0.6) is 5.75 Å². The molecule has 1 aliphatic rings. The fourth-order valence-electron chi connectivity index (χ4n) is 2.60. The average molecular weight is 264 g/mol. The number of benzene rings is 1. The molecule has 1 heterocycles. The summed E-state index contributed by atoms with van der Waals surface area (Å²) < 4.78 is 5.19. The summed E-state index contributed by atoms with van der Waals surface area (Å²) in [4.78, 5) is 2.39. The highest BCUT2D eigenvalue weighted by Gasteiger charge is 2.21. The molecule has 1 aromatic carbocycles. The van der Waals surface area contributed by atoms with Gasteiger partial charge in [0.25, 0.3) is 0 Å². The third-order valence-electron chi connectivity index (χ3n) is 3.71. The quantitative estimate of drug-likeness (QED) is 0.867. The van der Waals surface area contributed by atoms with Crippen molar-refractivity contribution < 1.29 is 9.84 Å². The molecule has 106 valence electrons. The number of methoxy groups -OCH3 is 1. The Hall–Kier alpha value is -1.26. The molecule has 4 heteroatoms. The molecule has 4 nitrogen and oxygen atoms in total. The van der Waals surface area contributed by atoms with Gasteiger partial charge in [-0.05, 0) is 44.0 Å². The Bertz CT molecular complexity index is 380. The van der Waals surface area contributed by atoms with Crippen molar-refractivity contribution in [1.29, 1.82) is 0 Å². The van der Waals surface area contributed by atoms with E-state index in [-0.39, 0.29) is 6.61 Å². The molecule has 1 saturated heterocycles. The molecule has 0 saturated carbocycles. The molecule has 0 amide bonds. The molecule has 19 heavy (non-hydrogen) atoms. The van der Waals surface area contributed by atoms with E-state index in [1.807, 2.05) is 12.1 Å². The van der Waals surface area contributed by atoms with E-state index in [4.69, 9.17) is 9.84 Å². The molecule has 2 unspecified atom stereocenters.